The van der Waals surface area contributed by atoms with Gasteiger partial charge in [-0.25, -0.2) is 4.79 Å². The maximum absolute atomic E-state index is 11.9. The summed E-state index contributed by atoms with van der Waals surface area (Å²) in [4.78, 5) is 11.9. The van der Waals surface area contributed by atoms with Crippen LogP contribution in [0.15, 0.2) is 18.2 Å². The topological polar surface area (TPSA) is 81.6 Å². The summed E-state index contributed by atoms with van der Waals surface area (Å²) < 4.78 is 0. The maximum Gasteiger partial charge on any atom is 0.315 e. The van der Waals surface area contributed by atoms with Crippen molar-refractivity contribution in [2.75, 3.05) is 6.54 Å². The largest absolute Gasteiger partial charge is 0.508 e. The zero-order valence-corrected chi connectivity index (χ0v) is 12.6. The SMILES string of the molecule is CC(C)C(O)CCNC(=O)NC1CCc2c(O)cccc21. The molecule has 1 aliphatic carbocycles. The molecule has 1 aromatic carbocycles. The third kappa shape index (κ3) is 3.88. The van der Waals surface area contributed by atoms with Crippen LogP contribution in [0.2, 0.25) is 0 Å². The van der Waals surface area contributed by atoms with Crippen molar-refractivity contribution in [1.82, 2.24) is 10.6 Å². The van der Waals surface area contributed by atoms with Gasteiger partial charge in [0.25, 0.3) is 0 Å². The number of aromatic hydroxyl groups is 1. The monoisotopic (exact) mass is 292 g/mol. The lowest BCUT2D eigenvalue weighted by molar-refractivity contribution is 0.116. The summed E-state index contributed by atoms with van der Waals surface area (Å²) in [6, 6.07) is 5.13. The van der Waals surface area contributed by atoms with E-state index in [1.165, 1.54) is 0 Å². The molecule has 0 heterocycles. The number of amides is 2. The molecular weight excluding hydrogens is 268 g/mol. The summed E-state index contributed by atoms with van der Waals surface area (Å²) in [5.74, 6) is 0.497. The van der Waals surface area contributed by atoms with Gasteiger partial charge in [0.1, 0.15) is 5.75 Å². The molecule has 0 spiro atoms. The van der Waals surface area contributed by atoms with E-state index in [0.29, 0.717) is 18.7 Å². The van der Waals surface area contributed by atoms with Crippen LogP contribution in [-0.2, 0) is 6.42 Å². The van der Waals surface area contributed by atoms with E-state index in [1.54, 1.807) is 12.1 Å². The third-order valence-electron chi connectivity index (χ3n) is 4.05. The normalized spacial score (nSPS) is 18.4. The number of phenols is 1. The maximum atomic E-state index is 11.9. The number of urea groups is 1. The number of phenolic OH excluding ortho intramolecular Hbond substituents is 1. The van der Waals surface area contributed by atoms with Crippen molar-refractivity contribution in [1.29, 1.82) is 0 Å². The first-order valence-electron chi connectivity index (χ1n) is 7.52. The van der Waals surface area contributed by atoms with E-state index in [0.717, 1.165) is 24.0 Å². The van der Waals surface area contributed by atoms with Crippen molar-refractivity contribution in [3.63, 3.8) is 0 Å². The number of carbonyl (C=O) groups is 1. The van der Waals surface area contributed by atoms with E-state index in [1.807, 2.05) is 19.9 Å². The Hall–Kier alpha value is -1.75. The van der Waals surface area contributed by atoms with Gasteiger partial charge in [-0.15, -0.1) is 0 Å². The van der Waals surface area contributed by atoms with Gasteiger partial charge in [0.05, 0.1) is 12.1 Å². The fourth-order valence-electron chi connectivity index (χ4n) is 2.66. The number of hydrogen-bond donors (Lipinski definition) is 4. The highest BCUT2D eigenvalue weighted by atomic mass is 16.3. The second-order valence-electron chi connectivity index (χ2n) is 5.94. The molecule has 1 aromatic rings. The summed E-state index contributed by atoms with van der Waals surface area (Å²) in [6.45, 7) is 4.35. The van der Waals surface area contributed by atoms with Crippen molar-refractivity contribution >= 4 is 6.03 Å². The molecule has 2 rings (SSSR count). The molecule has 1 aliphatic rings. The van der Waals surface area contributed by atoms with Gasteiger partial charge in [-0.1, -0.05) is 26.0 Å². The molecule has 5 heteroatoms. The standard InChI is InChI=1S/C16H24N2O3/c1-10(2)14(19)8-9-17-16(21)18-13-7-6-12-11(13)4-3-5-15(12)20/h3-5,10,13-14,19-20H,6-9H2,1-2H3,(H2,17,18,21). The van der Waals surface area contributed by atoms with Gasteiger partial charge in [-0.05, 0) is 42.4 Å². The predicted molar refractivity (Wildman–Crippen MR) is 81.2 cm³/mol. The van der Waals surface area contributed by atoms with E-state index in [2.05, 4.69) is 10.6 Å². The molecule has 116 valence electrons. The first kappa shape index (κ1) is 15.6. The van der Waals surface area contributed by atoms with Gasteiger partial charge in [0.15, 0.2) is 0 Å². The Balaban J connectivity index is 1.81. The van der Waals surface area contributed by atoms with Crippen LogP contribution in [0.5, 0.6) is 5.75 Å². The lowest BCUT2D eigenvalue weighted by Crippen LogP contribution is -2.38. The number of rotatable bonds is 5. The number of hydrogen-bond acceptors (Lipinski definition) is 3. The smallest absolute Gasteiger partial charge is 0.315 e. The molecular formula is C16H24N2O3. The Bertz CT molecular complexity index is 502. The molecule has 2 atom stereocenters. The number of nitrogens with one attached hydrogen (secondary N) is 2. The zero-order chi connectivity index (χ0) is 15.4. The minimum atomic E-state index is -0.394. The van der Waals surface area contributed by atoms with Crippen molar-refractivity contribution in [2.24, 2.45) is 5.92 Å². The molecule has 0 radical (unpaired) electrons. The lowest BCUT2D eigenvalue weighted by atomic mass is 10.0. The van der Waals surface area contributed by atoms with E-state index in [4.69, 9.17) is 0 Å². The quantitative estimate of drug-likeness (QED) is 0.670. The fourth-order valence-corrected chi connectivity index (χ4v) is 2.66. The molecule has 2 amide bonds. The minimum Gasteiger partial charge on any atom is -0.508 e. The van der Waals surface area contributed by atoms with Gasteiger partial charge in [0, 0.05) is 6.54 Å². The summed E-state index contributed by atoms with van der Waals surface area (Å²) >= 11 is 0. The number of aliphatic hydroxyl groups is 1. The Morgan fingerprint density at radius 2 is 2.19 bits per heavy atom. The first-order chi connectivity index (χ1) is 9.99. The first-order valence-corrected chi connectivity index (χ1v) is 7.52. The molecule has 4 N–H and O–H groups in total. The average Bonchev–Trinajstić information content (AvgIpc) is 2.83. The molecule has 0 bridgehead atoms. The van der Waals surface area contributed by atoms with Crippen LogP contribution in [0.1, 0.15) is 43.9 Å². The minimum absolute atomic E-state index is 0.0536. The molecule has 0 fully saturated rings. The highest BCUT2D eigenvalue weighted by molar-refractivity contribution is 5.74. The van der Waals surface area contributed by atoms with Crippen LogP contribution in [0.25, 0.3) is 0 Å². The Morgan fingerprint density at radius 1 is 1.43 bits per heavy atom. The van der Waals surface area contributed by atoms with E-state index >= 15 is 0 Å². The average molecular weight is 292 g/mol. The summed E-state index contributed by atoms with van der Waals surface area (Å²) in [5.41, 5.74) is 1.92. The fraction of sp³-hybridized carbons (Fsp3) is 0.562. The van der Waals surface area contributed by atoms with Crippen LogP contribution >= 0.6 is 0 Å². The van der Waals surface area contributed by atoms with Crippen molar-refractivity contribution in [3.8, 4) is 5.75 Å². The summed E-state index contributed by atoms with van der Waals surface area (Å²) in [7, 11) is 0. The van der Waals surface area contributed by atoms with Gasteiger partial charge >= 0.3 is 6.03 Å². The molecule has 21 heavy (non-hydrogen) atoms. The number of carbonyl (C=O) groups excluding carboxylic acids is 1. The highest BCUT2D eigenvalue weighted by Crippen LogP contribution is 2.36. The van der Waals surface area contributed by atoms with E-state index in [-0.39, 0.29) is 18.0 Å². The molecule has 5 nitrogen and oxygen atoms in total. The second kappa shape index (κ2) is 6.80. The Morgan fingerprint density at radius 3 is 2.90 bits per heavy atom. The Kier molecular flexibility index (Phi) is 5.07. The zero-order valence-electron chi connectivity index (χ0n) is 12.6. The van der Waals surface area contributed by atoms with Crippen LogP contribution in [0.3, 0.4) is 0 Å². The van der Waals surface area contributed by atoms with Crippen LogP contribution in [-0.4, -0.2) is 28.9 Å². The third-order valence-corrected chi connectivity index (χ3v) is 4.05. The molecule has 0 aromatic heterocycles. The van der Waals surface area contributed by atoms with Crippen molar-refractivity contribution in [2.45, 2.75) is 45.3 Å². The molecule has 0 saturated heterocycles. The van der Waals surface area contributed by atoms with Crippen LogP contribution in [0, 0.1) is 5.92 Å². The van der Waals surface area contributed by atoms with Crippen LogP contribution in [0.4, 0.5) is 4.79 Å². The number of fused-ring (bicyclic) bond motifs is 1. The predicted octanol–water partition coefficient (Wildman–Crippen LogP) is 2.09. The highest BCUT2D eigenvalue weighted by Gasteiger charge is 2.25. The summed E-state index contributed by atoms with van der Waals surface area (Å²) in [6.07, 6.45) is 1.73. The van der Waals surface area contributed by atoms with Crippen molar-refractivity contribution < 1.29 is 15.0 Å². The summed E-state index contributed by atoms with van der Waals surface area (Å²) in [5, 5.41) is 25.2. The van der Waals surface area contributed by atoms with Gasteiger partial charge in [0.2, 0.25) is 0 Å². The van der Waals surface area contributed by atoms with Gasteiger partial charge in [-0.2, -0.15) is 0 Å². The van der Waals surface area contributed by atoms with E-state index < -0.39 is 6.10 Å². The van der Waals surface area contributed by atoms with Gasteiger partial charge in [-0.3, -0.25) is 0 Å². The number of benzene rings is 1. The van der Waals surface area contributed by atoms with Crippen LogP contribution < -0.4 is 10.6 Å². The number of aliphatic hydroxyl groups excluding tert-OH is 1. The van der Waals surface area contributed by atoms with E-state index in [9.17, 15) is 15.0 Å². The lowest BCUT2D eigenvalue weighted by Gasteiger charge is -2.17. The second-order valence-corrected chi connectivity index (χ2v) is 5.94. The molecule has 0 aliphatic heterocycles. The van der Waals surface area contributed by atoms with Gasteiger partial charge < -0.3 is 20.8 Å². The molecule has 0 saturated carbocycles. The molecule has 2 unspecified atom stereocenters. The Labute approximate surface area is 125 Å². The van der Waals surface area contributed by atoms with Crippen molar-refractivity contribution in [3.05, 3.63) is 29.3 Å².